The molecule has 0 aliphatic carbocycles. The van der Waals surface area contributed by atoms with Crippen LogP contribution in [0, 0.1) is 41.4 Å². The fraction of sp³-hybridized carbons (Fsp3) is 0.833. The van der Waals surface area contributed by atoms with Gasteiger partial charge < -0.3 is 131 Å². The van der Waals surface area contributed by atoms with Gasteiger partial charge in [0, 0.05) is 0 Å². The van der Waals surface area contributed by atoms with Gasteiger partial charge in [-0.05, 0) is 286 Å². The van der Waals surface area contributed by atoms with Crippen LogP contribution < -0.4 is 126 Å². The normalized spacial score (nSPS) is 15.1. The lowest BCUT2D eigenvalue weighted by Crippen LogP contribution is -2.61. The molecule has 0 bridgehead atoms. The Hall–Kier alpha value is -8.31. The zero-order valence-electron chi connectivity index (χ0n) is 80.5. The Morgan fingerprint density at radius 1 is 0.178 bits per heavy atom. The Balaban J connectivity index is 7.47. The summed E-state index contributed by atoms with van der Waals surface area (Å²) in [6, 6.07) is -18.6. The fourth-order valence-electron chi connectivity index (χ4n) is 14.7. The second-order valence-electron chi connectivity index (χ2n) is 37.5. The summed E-state index contributed by atoms with van der Waals surface area (Å²) in [5.41, 5.74) is 53.0. The molecular formula is C90H175N23O16. The highest BCUT2D eigenvalue weighted by molar-refractivity contribution is 6.00. The van der Waals surface area contributed by atoms with Crippen molar-refractivity contribution in [2.24, 2.45) is 93.0 Å². The number of nitrogens with one attached hydrogen (secondary N) is 14. The monoisotopic (exact) mass is 1830 g/mol. The molecule has 15 atom stereocenters. The number of carbonyl (C=O) groups excluding carboxylic acids is 14. The minimum atomic E-state index is -1.33. The number of unbranched alkanes of at least 4 members (excludes halogenated alkanes) is 8. The smallest absolute Gasteiger partial charge is 0.326 e. The number of carboxylic acids is 1. The third kappa shape index (κ3) is 53.7. The van der Waals surface area contributed by atoms with E-state index in [-0.39, 0.29) is 164 Å². The van der Waals surface area contributed by atoms with E-state index in [0.717, 1.165) is 0 Å². The van der Waals surface area contributed by atoms with Gasteiger partial charge >= 0.3 is 5.97 Å². The van der Waals surface area contributed by atoms with E-state index in [2.05, 4.69) is 74.4 Å². The van der Waals surface area contributed by atoms with Crippen LogP contribution in [-0.4, -0.2) is 237 Å². The second kappa shape index (κ2) is 69.6. The SMILES string of the molecule is CC(C)C[C@H](NC(=O)[C@H](CCCCN)NC(=O)[C@H](CC(C)C)NC(=O)[C@H](CCCCN)NC(=O)[C@H](CC(C)C)NC(=O)[C@H](CCCCN)NC(=O)[C@H](CC(C)C)NC(=O)[C@H](CCCCN)NC(=O)[C@H](CC(C)C)NC(=O)[C@H](CCCCN)NC(=O)[C@H](CC(C)C)NC(=O)[C@H](CCCCN)NC(=O)[C@H](CC(C)C)NC(=O)[C@@H](N)CCCCN)C(=O)N[C@@H](CCCCN)C(=O)O. The number of carboxylic acid groups (broad SMARTS) is 1. The van der Waals surface area contributed by atoms with Crippen LogP contribution in [0.25, 0.3) is 0 Å². The van der Waals surface area contributed by atoms with Crippen LogP contribution in [0.4, 0.5) is 0 Å². The molecule has 0 aliphatic heterocycles. The predicted octanol–water partition coefficient (Wildman–Crippen LogP) is 0.540. The van der Waals surface area contributed by atoms with Gasteiger partial charge in [-0.15, -0.1) is 0 Å². The number of amides is 14. The van der Waals surface area contributed by atoms with E-state index < -0.39 is 179 Å². The van der Waals surface area contributed by atoms with Crippen molar-refractivity contribution < 1.29 is 77.0 Å². The van der Waals surface area contributed by atoms with Gasteiger partial charge in [0.05, 0.1) is 6.04 Å². The molecule has 0 fully saturated rings. The predicted molar refractivity (Wildman–Crippen MR) is 502 cm³/mol. The number of carbonyl (C=O) groups is 15. The van der Waals surface area contributed by atoms with Crippen LogP contribution in [0.15, 0.2) is 0 Å². The zero-order valence-corrected chi connectivity index (χ0v) is 80.5. The Labute approximate surface area is 768 Å². The number of hydrogen-bond acceptors (Lipinski definition) is 24. The first-order valence-electron chi connectivity index (χ1n) is 47.8. The highest BCUT2D eigenvalue weighted by Gasteiger charge is 2.40. The summed E-state index contributed by atoms with van der Waals surface area (Å²) >= 11 is 0. The minimum Gasteiger partial charge on any atom is -0.480 e. The van der Waals surface area contributed by atoms with E-state index >= 15 is 0 Å². The third-order valence-corrected chi connectivity index (χ3v) is 21.7. The molecule has 0 aromatic heterocycles. The molecule has 0 radical (unpaired) electrons. The molecule has 39 heteroatoms. The van der Waals surface area contributed by atoms with Crippen LogP contribution in [0.3, 0.4) is 0 Å². The molecule has 0 saturated heterocycles. The van der Waals surface area contributed by atoms with Gasteiger partial charge in [0.15, 0.2) is 0 Å². The Morgan fingerprint density at radius 3 is 0.434 bits per heavy atom. The van der Waals surface area contributed by atoms with Gasteiger partial charge in [-0.3, -0.25) is 67.1 Å². The highest BCUT2D eigenvalue weighted by atomic mass is 16.4. The minimum absolute atomic E-state index is 0.0187. The van der Waals surface area contributed by atoms with E-state index in [1.807, 2.05) is 96.9 Å². The van der Waals surface area contributed by atoms with Gasteiger partial charge in [-0.25, -0.2) is 4.79 Å². The largest absolute Gasteiger partial charge is 0.480 e. The van der Waals surface area contributed by atoms with Gasteiger partial charge in [-0.2, -0.15) is 0 Å². The van der Waals surface area contributed by atoms with Gasteiger partial charge in [0.2, 0.25) is 82.7 Å². The molecule has 0 spiro atoms. The molecule has 0 aromatic carbocycles. The number of rotatable bonds is 75. The number of nitrogens with two attached hydrogens (primary N) is 9. The average molecular weight is 1840 g/mol. The average Bonchev–Trinajstić information content (AvgIpc) is 0.876. The van der Waals surface area contributed by atoms with Crippen LogP contribution in [0.2, 0.25) is 0 Å². The number of aliphatic carboxylic acids is 1. The van der Waals surface area contributed by atoms with E-state index in [0.29, 0.717) is 129 Å². The first kappa shape index (κ1) is 121. The lowest BCUT2D eigenvalue weighted by molar-refractivity contribution is -0.142. The number of hydrogen-bond donors (Lipinski definition) is 24. The van der Waals surface area contributed by atoms with E-state index in [9.17, 15) is 77.0 Å². The summed E-state index contributed by atoms with van der Waals surface area (Å²) in [6.07, 6.45) is 8.48. The quantitative estimate of drug-likeness (QED) is 0.0370. The summed E-state index contributed by atoms with van der Waals surface area (Å²) in [6.45, 7) is 27.9. The molecule has 0 saturated carbocycles. The summed E-state index contributed by atoms with van der Waals surface area (Å²) in [5.74, 6) is -12.8. The zero-order chi connectivity index (χ0) is 97.8. The Bertz CT molecular complexity index is 3270. The molecule has 129 heavy (non-hydrogen) atoms. The van der Waals surface area contributed by atoms with Crippen molar-refractivity contribution in [3.8, 4) is 0 Å². The molecule has 0 heterocycles. The lowest BCUT2D eigenvalue weighted by Gasteiger charge is -2.30. The molecular weight excluding hydrogens is 1660 g/mol. The first-order chi connectivity index (χ1) is 61.0. The van der Waals surface area contributed by atoms with Crippen molar-refractivity contribution in [3.63, 3.8) is 0 Å². The molecule has 746 valence electrons. The van der Waals surface area contributed by atoms with Crippen molar-refractivity contribution in [2.75, 3.05) is 52.4 Å². The van der Waals surface area contributed by atoms with Gasteiger partial charge in [0.1, 0.15) is 84.6 Å². The van der Waals surface area contributed by atoms with E-state index in [1.165, 1.54) is 0 Å². The summed E-state index contributed by atoms with van der Waals surface area (Å²) in [7, 11) is 0. The highest BCUT2D eigenvalue weighted by Crippen LogP contribution is 2.19. The standard InChI is InChI=1S/C90H175N23O16/c1-54(2)47-69(107-76(114)61(99)31-15-23-39-91)83(121)100-62(32-16-24-40-92)77(115)108-70(48-55(3)4)84(122)101-63(33-17-25-41-93)78(116)109-71(49-56(5)6)85(123)102-64(34-18-26-42-94)79(117)110-72(50-57(7)8)86(124)103-65(35-19-27-43-95)80(118)111-73(51-58(9)10)87(125)104-66(36-20-28-44-96)81(119)112-74(52-59(11)12)88(126)105-67(37-21-29-45-97)82(120)113-75(53-60(13)14)89(127)106-68(90(128)129)38-22-30-46-98/h54-75H,15-53,91-99H2,1-14H3,(H,100,121)(H,101,122)(H,102,123)(H,103,124)(H,104,125)(H,105,126)(H,106,127)(H,107,114)(H,108,115)(H,109,116)(H,110,117)(H,111,118)(H,112,119)(H,113,120)(H,128,129)/t61-,62-,63-,64-,65-,66-,67-,68-,69-,70-,71-,72-,73-,74-,75-/m0/s1. The van der Waals surface area contributed by atoms with Gasteiger partial charge in [0.25, 0.3) is 0 Å². The van der Waals surface area contributed by atoms with Crippen LogP contribution >= 0.6 is 0 Å². The maximum absolute atomic E-state index is 14.9. The van der Waals surface area contributed by atoms with E-state index in [1.54, 1.807) is 0 Å². The fourth-order valence-corrected chi connectivity index (χ4v) is 14.7. The third-order valence-electron chi connectivity index (χ3n) is 21.7. The Morgan fingerprint density at radius 2 is 0.295 bits per heavy atom. The lowest BCUT2D eigenvalue weighted by atomic mass is 9.98. The van der Waals surface area contributed by atoms with Crippen LogP contribution in [0.5, 0.6) is 0 Å². The van der Waals surface area contributed by atoms with Crippen LogP contribution in [-0.2, 0) is 71.9 Å². The summed E-state index contributed by atoms with van der Waals surface area (Å²) in [5, 5.41) is 49.1. The maximum Gasteiger partial charge on any atom is 0.326 e. The maximum atomic E-state index is 14.9. The van der Waals surface area contributed by atoms with Crippen molar-refractivity contribution in [2.45, 2.75) is 387 Å². The molecule has 0 aromatic rings. The Kier molecular flexibility index (Phi) is 65.1. The molecule has 0 unspecified atom stereocenters. The van der Waals surface area contributed by atoms with Crippen molar-refractivity contribution >= 4 is 88.7 Å². The first-order valence-corrected chi connectivity index (χ1v) is 47.8. The van der Waals surface area contributed by atoms with Crippen molar-refractivity contribution in [1.29, 1.82) is 0 Å². The molecule has 0 rings (SSSR count). The molecule has 0 aliphatic rings. The van der Waals surface area contributed by atoms with Crippen LogP contribution in [0.1, 0.15) is 296 Å². The molecule has 14 amide bonds. The van der Waals surface area contributed by atoms with Gasteiger partial charge in [-0.1, -0.05) is 103 Å². The molecule has 39 nitrogen and oxygen atoms in total. The van der Waals surface area contributed by atoms with Crippen molar-refractivity contribution in [1.82, 2.24) is 74.4 Å². The second-order valence-corrected chi connectivity index (χ2v) is 37.5. The van der Waals surface area contributed by atoms with Crippen molar-refractivity contribution in [3.05, 3.63) is 0 Å². The molecule has 33 N–H and O–H groups in total. The topological polar surface area (TPSA) is 679 Å². The summed E-state index contributed by atoms with van der Waals surface area (Å²) < 4.78 is 0. The van der Waals surface area contributed by atoms with E-state index in [4.69, 9.17) is 51.6 Å². The summed E-state index contributed by atoms with van der Waals surface area (Å²) in [4.78, 5) is 216.